The van der Waals surface area contributed by atoms with Crippen molar-refractivity contribution in [1.29, 1.82) is 0 Å². The van der Waals surface area contributed by atoms with Crippen LogP contribution in [0.4, 0.5) is 0 Å². The van der Waals surface area contributed by atoms with Gasteiger partial charge in [0.1, 0.15) is 5.56 Å². The Labute approximate surface area is 123 Å². The van der Waals surface area contributed by atoms with E-state index < -0.39 is 0 Å². The summed E-state index contributed by atoms with van der Waals surface area (Å²) in [6.07, 6.45) is 3.45. The van der Waals surface area contributed by atoms with Gasteiger partial charge in [-0.2, -0.15) is 0 Å². The second-order valence-corrected chi connectivity index (χ2v) is 5.67. The van der Waals surface area contributed by atoms with Crippen LogP contribution in [0, 0.1) is 5.92 Å². The molecule has 2 aromatic rings. The number of ether oxygens (including phenoxy) is 1. The summed E-state index contributed by atoms with van der Waals surface area (Å²) in [5.74, 6) is -1.03. The molecule has 0 radical (unpaired) electrons. The van der Waals surface area contributed by atoms with Crippen molar-refractivity contribution in [2.24, 2.45) is 5.92 Å². The zero-order valence-electron chi connectivity index (χ0n) is 11.3. The van der Waals surface area contributed by atoms with Gasteiger partial charge >= 0.3 is 5.97 Å². The Balaban J connectivity index is 1.86. The van der Waals surface area contributed by atoms with E-state index >= 15 is 0 Å². The Hall–Kier alpha value is -2.22. The van der Waals surface area contributed by atoms with Gasteiger partial charge in [0.2, 0.25) is 0 Å². The molecule has 0 spiro atoms. The number of hydrogen-bond acceptors (Lipinski definition) is 6. The second-order valence-electron chi connectivity index (χ2n) is 4.79. The predicted octanol–water partition coefficient (Wildman–Crippen LogP) is 0.391. The van der Waals surface area contributed by atoms with E-state index in [1.54, 1.807) is 11.6 Å². The first-order valence-corrected chi connectivity index (χ1v) is 7.31. The van der Waals surface area contributed by atoms with E-state index in [9.17, 15) is 14.4 Å². The van der Waals surface area contributed by atoms with Gasteiger partial charge in [0.05, 0.1) is 13.0 Å². The smallest absolute Gasteiger partial charge is 0.310 e. The molecule has 0 N–H and O–H groups in total. The Bertz CT molecular complexity index is 766. The van der Waals surface area contributed by atoms with Gasteiger partial charge in [-0.1, -0.05) is 0 Å². The van der Waals surface area contributed by atoms with Crippen LogP contribution in [0.2, 0.25) is 0 Å². The fourth-order valence-corrected chi connectivity index (χ4v) is 3.12. The highest BCUT2D eigenvalue weighted by atomic mass is 32.1. The van der Waals surface area contributed by atoms with Gasteiger partial charge in [-0.05, 0) is 6.42 Å². The summed E-state index contributed by atoms with van der Waals surface area (Å²) in [5.41, 5.74) is -0.357. The molecule has 1 saturated heterocycles. The molecule has 2 aromatic heterocycles. The van der Waals surface area contributed by atoms with Crippen LogP contribution in [0.5, 0.6) is 0 Å². The summed E-state index contributed by atoms with van der Waals surface area (Å²) >= 11 is 1.33. The number of hydrogen-bond donors (Lipinski definition) is 0. The van der Waals surface area contributed by atoms with Crippen molar-refractivity contribution in [2.75, 3.05) is 20.2 Å². The Morgan fingerprint density at radius 3 is 3.05 bits per heavy atom. The largest absolute Gasteiger partial charge is 0.469 e. The molecular weight excluding hydrogens is 294 g/mol. The molecule has 1 aliphatic heterocycles. The molecule has 3 heterocycles. The van der Waals surface area contributed by atoms with E-state index in [1.807, 2.05) is 0 Å². The van der Waals surface area contributed by atoms with Crippen LogP contribution in [0.1, 0.15) is 16.8 Å². The fourth-order valence-electron chi connectivity index (χ4n) is 2.45. The third-order valence-corrected chi connectivity index (χ3v) is 4.35. The molecule has 1 aliphatic rings. The summed E-state index contributed by atoms with van der Waals surface area (Å²) in [7, 11) is 1.33. The molecular formula is C13H13N3O4S. The van der Waals surface area contributed by atoms with Crippen molar-refractivity contribution in [3.8, 4) is 0 Å². The average Bonchev–Trinajstić information content (AvgIpc) is 3.15. The maximum Gasteiger partial charge on any atom is 0.310 e. The van der Waals surface area contributed by atoms with Gasteiger partial charge in [-0.25, -0.2) is 4.98 Å². The van der Waals surface area contributed by atoms with Gasteiger partial charge in [-0.3, -0.25) is 18.8 Å². The molecule has 1 amide bonds. The van der Waals surface area contributed by atoms with Crippen LogP contribution in [-0.4, -0.2) is 46.4 Å². The highest BCUT2D eigenvalue weighted by Crippen LogP contribution is 2.19. The van der Waals surface area contributed by atoms with Crippen molar-refractivity contribution in [1.82, 2.24) is 14.3 Å². The summed E-state index contributed by atoms with van der Waals surface area (Å²) in [4.78, 5) is 42.3. The van der Waals surface area contributed by atoms with Crippen LogP contribution < -0.4 is 5.56 Å². The van der Waals surface area contributed by atoms with E-state index in [0.717, 1.165) is 0 Å². The quantitative estimate of drug-likeness (QED) is 0.750. The van der Waals surface area contributed by atoms with Crippen LogP contribution in [0.3, 0.4) is 0 Å². The van der Waals surface area contributed by atoms with Gasteiger partial charge in [0.25, 0.3) is 11.5 Å². The Kier molecular flexibility index (Phi) is 3.46. The lowest BCUT2D eigenvalue weighted by atomic mass is 10.1. The number of rotatable bonds is 2. The molecule has 0 aromatic carbocycles. The fraction of sp³-hybridized carbons (Fsp3) is 0.385. The molecule has 8 heteroatoms. The van der Waals surface area contributed by atoms with Crippen molar-refractivity contribution in [3.05, 3.63) is 33.7 Å². The summed E-state index contributed by atoms with van der Waals surface area (Å²) in [5, 5.41) is 1.74. The first-order valence-electron chi connectivity index (χ1n) is 6.44. The molecule has 1 atom stereocenters. The first kappa shape index (κ1) is 13.7. The lowest BCUT2D eigenvalue weighted by Crippen LogP contribution is -2.35. The topological polar surface area (TPSA) is 81.0 Å². The number of fused-ring (bicyclic) bond motifs is 1. The number of esters is 1. The zero-order valence-corrected chi connectivity index (χ0v) is 12.1. The minimum absolute atomic E-state index is 0.0245. The van der Waals surface area contributed by atoms with Gasteiger partial charge in [0, 0.05) is 30.9 Å². The van der Waals surface area contributed by atoms with E-state index in [0.29, 0.717) is 17.9 Å². The summed E-state index contributed by atoms with van der Waals surface area (Å²) < 4.78 is 6.04. The number of likely N-dealkylation sites (tertiary alicyclic amines) is 1. The van der Waals surface area contributed by atoms with Crippen LogP contribution in [0.15, 0.2) is 22.6 Å². The normalized spacial score (nSPS) is 18.1. The maximum absolute atomic E-state index is 12.4. The van der Waals surface area contributed by atoms with Crippen molar-refractivity contribution in [2.45, 2.75) is 6.42 Å². The molecule has 0 aliphatic carbocycles. The number of nitrogens with zero attached hydrogens (tertiary/aromatic N) is 3. The van der Waals surface area contributed by atoms with Crippen molar-refractivity contribution < 1.29 is 14.3 Å². The van der Waals surface area contributed by atoms with Crippen molar-refractivity contribution >= 4 is 28.2 Å². The number of carbonyl (C=O) groups is 2. The summed E-state index contributed by atoms with van der Waals surface area (Å²) in [6.45, 7) is 0.710. The number of thiazole rings is 1. The Morgan fingerprint density at radius 1 is 1.48 bits per heavy atom. The van der Waals surface area contributed by atoms with Crippen molar-refractivity contribution in [3.63, 3.8) is 0 Å². The molecule has 1 fully saturated rings. The average molecular weight is 307 g/mol. The van der Waals surface area contributed by atoms with Crippen LogP contribution >= 0.6 is 11.3 Å². The zero-order chi connectivity index (χ0) is 15.0. The van der Waals surface area contributed by atoms with Crippen LogP contribution in [0.25, 0.3) is 4.96 Å². The molecule has 21 heavy (non-hydrogen) atoms. The number of amides is 1. The number of carbonyl (C=O) groups excluding carboxylic acids is 2. The van der Waals surface area contributed by atoms with Gasteiger partial charge < -0.3 is 9.64 Å². The lowest BCUT2D eigenvalue weighted by Gasteiger charge is -2.15. The Morgan fingerprint density at radius 2 is 2.29 bits per heavy atom. The number of aromatic nitrogens is 2. The molecule has 110 valence electrons. The van der Waals surface area contributed by atoms with E-state index in [-0.39, 0.29) is 35.5 Å². The predicted molar refractivity (Wildman–Crippen MR) is 75.4 cm³/mol. The second kappa shape index (κ2) is 5.28. The SMILES string of the molecule is COC(=O)C1CCN(C(=O)c2cnc3sccn3c2=O)C1. The number of methoxy groups -OCH3 is 1. The van der Waals surface area contributed by atoms with E-state index in [1.165, 1.54) is 33.9 Å². The van der Waals surface area contributed by atoms with Gasteiger partial charge in [-0.15, -0.1) is 11.3 Å². The third-order valence-electron chi connectivity index (χ3n) is 3.58. The monoisotopic (exact) mass is 307 g/mol. The molecule has 7 nitrogen and oxygen atoms in total. The van der Waals surface area contributed by atoms with E-state index in [2.05, 4.69) is 9.72 Å². The molecule has 0 bridgehead atoms. The highest BCUT2D eigenvalue weighted by molar-refractivity contribution is 7.15. The molecule has 1 unspecified atom stereocenters. The van der Waals surface area contributed by atoms with Gasteiger partial charge in [0.15, 0.2) is 4.96 Å². The third kappa shape index (κ3) is 2.31. The standard InChI is InChI=1S/C13H13N3O4S/c1-20-12(19)8-2-3-15(7-8)10(17)9-6-14-13-16(11(9)18)4-5-21-13/h4-6,8H,2-3,7H2,1H3. The first-order chi connectivity index (χ1) is 10.1. The van der Waals surface area contributed by atoms with Crippen LogP contribution in [-0.2, 0) is 9.53 Å². The minimum Gasteiger partial charge on any atom is -0.469 e. The minimum atomic E-state index is -0.389. The highest BCUT2D eigenvalue weighted by Gasteiger charge is 2.33. The summed E-state index contributed by atoms with van der Waals surface area (Å²) in [6, 6.07) is 0. The molecule has 0 saturated carbocycles. The molecule has 3 rings (SSSR count). The maximum atomic E-state index is 12.4. The lowest BCUT2D eigenvalue weighted by molar-refractivity contribution is -0.144. The van der Waals surface area contributed by atoms with E-state index in [4.69, 9.17) is 0 Å².